The van der Waals surface area contributed by atoms with Gasteiger partial charge in [0.25, 0.3) is 0 Å². The summed E-state index contributed by atoms with van der Waals surface area (Å²) in [6.07, 6.45) is 0. The summed E-state index contributed by atoms with van der Waals surface area (Å²) in [5.74, 6) is -1.25. The molecule has 0 saturated heterocycles. The van der Waals surface area contributed by atoms with E-state index in [0.717, 1.165) is 0 Å². The van der Waals surface area contributed by atoms with Crippen molar-refractivity contribution in [2.45, 2.75) is 6.92 Å². The maximum absolute atomic E-state index is 13.4. The minimum atomic E-state index is -0.486. The molecule has 0 aliphatic rings. The third-order valence-corrected chi connectivity index (χ3v) is 3.00. The number of nitrogens with one attached hydrogen (secondary N) is 2. The van der Waals surface area contributed by atoms with Crippen molar-refractivity contribution >= 4 is 23.3 Å². The summed E-state index contributed by atoms with van der Waals surface area (Å²) in [6, 6.07) is 12.5. The lowest BCUT2D eigenvalue weighted by atomic mass is 10.2. The molecule has 0 heterocycles. The van der Waals surface area contributed by atoms with Crippen LogP contribution in [-0.2, 0) is 9.53 Å². The molecule has 2 aromatic rings. The molecule has 2 N–H and O–H groups in total. The van der Waals surface area contributed by atoms with Gasteiger partial charge in [0.15, 0.2) is 0 Å². The third kappa shape index (κ3) is 4.81. The number of amides is 1. The van der Waals surface area contributed by atoms with Gasteiger partial charge in [0, 0.05) is 5.69 Å². The van der Waals surface area contributed by atoms with E-state index in [1.54, 1.807) is 43.3 Å². The minimum Gasteiger partial charge on any atom is -0.462 e. The fourth-order valence-electron chi connectivity index (χ4n) is 1.88. The molecule has 5 nitrogen and oxygen atoms in total. The predicted octanol–water partition coefficient (Wildman–Crippen LogP) is 3.05. The number of esters is 1. The highest BCUT2D eigenvalue weighted by atomic mass is 19.1. The van der Waals surface area contributed by atoms with Crippen LogP contribution in [0.15, 0.2) is 48.5 Å². The summed E-state index contributed by atoms with van der Waals surface area (Å²) in [7, 11) is 0. The number of hydrogen-bond acceptors (Lipinski definition) is 4. The number of ether oxygens (including phenoxy) is 1. The van der Waals surface area contributed by atoms with Gasteiger partial charge < -0.3 is 15.4 Å². The molecule has 0 radical (unpaired) electrons. The van der Waals surface area contributed by atoms with Gasteiger partial charge in [0.05, 0.1) is 24.4 Å². The molecule has 6 heteroatoms. The van der Waals surface area contributed by atoms with E-state index in [4.69, 9.17) is 4.74 Å². The monoisotopic (exact) mass is 316 g/mol. The number of carbonyl (C=O) groups is 2. The van der Waals surface area contributed by atoms with Crippen LogP contribution in [-0.4, -0.2) is 25.0 Å². The van der Waals surface area contributed by atoms with Crippen molar-refractivity contribution in [3.63, 3.8) is 0 Å². The fourth-order valence-corrected chi connectivity index (χ4v) is 1.88. The Bertz CT molecular complexity index is 686. The van der Waals surface area contributed by atoms with Gasteiger partial charge in [-0.3, -0.25) is 4.79 Å². The summed E-state index contributed by atoms with van der Waals surface area (Å²) in [5, 5.41) is 5.37. The maximum Gasteiger partial charge on any atom is 0.338 e. The highest BCUT2D eigenvalue weighted by molar-refractivity contribution is 5.94. The Morgan fingerprint density at radius 1 is 1.09 bits per heavy atom. The van der Waals surface area contributed by atoms with Gasteiger partial charge >= 0.3 is 5.97 Å². The molecule has 0 aliphatic carbocycles. The Morgan fingerprint density at radius 2 is 1.78 bits per heavy atom. The van der Waals surface area contributed by atoms with Crippen molar-refractivity contribution in [3.05, 3.63) is 59.9 Å². The van der Waals surface area contributed by atoms with Crippen molar-refractivity contribution in [2.24, 2.45) is 0 Å². The van der Waals surface area contributed by atoms with Gasteiger partial charge in [0.2, 0.25) is 5.91 Å². The lowest BCUT2D eigenvalue weighted by Gasteiger charge is -2.09. The van der Waals surface area contributed by atoms with Gasteiger partial charge in [-0.05, 0) is 43.3 Å². The molecule has 0 fully saturated rings. The normalized spacial score (nSPS) is 10.0. The quantitative estimate of drug-likeness (QED) is 0.804. The molecule has 0 bridgehead atoms. The SMILES string of the molecule is CCOC(=O)c1ccc(NCC(=O)Nc2ccccc2F)cc1. The Balaban J connectivity index is 1.87. The summed E-state index contributed by atoms with van der Waals surface area (Å²) in [6.45, 7) is 2.03. The maximum atomic E-state index is 13.4. The second-order valence-corrected chi connectivity index (χ2v) is 4.68. The highest BCUT2D eigenvalue weighted by Crippen LogP contribution is 2.13. The highest BCUT2D eigenvalue weighted by Gasteiger charge is 2.08. The van der Waals surface area contributed by atoms with E-state index in [2.05, 4.69) is 10.6 Å². The molecule has 0 aliphatic heterocycles. The van der Waals surface area contributed by atoms with Crippen molar-refractivity contribution in [2.75, 3.05) is 23.8 Å². The zero-order valence-corrected chi connectivity index (χ0v) is 12.6. The van der Waals surface area contributed by atoms with E-state index in [1.165, 1.54) is 12.1 Å². The van der Waals surface area contributed by atoms with Gasteiger partial charge in [-0.25, -0.2) is 9.18 Å². The van der Waals surface area contributed by atoms with Gasteiger partial charge in [0.1, 0.15) is 5.82 Å². The van der Waals surface area contributed by atoms with Crippen LogP contribution in [0, 0.1) is 5.82 Å². The summed E-state index contributed by atoms with van der Waals surface area (Å²) >= 11 is 0. The molecule has 0 spiro atoms. The van der Waals surface area contributed by atoms with Crippen molar-refractivity contribution in [1.82, 2.24) is 0 Å². The Morgan fingerprint density at radius 3 is 2.43 bits per heavy atom. The number of anilines is 2. The summed E-state index contributed by atoms with van der Waals surface area (Å²) < 4.78 is 18.3. The number of halogens is 1. The van der Waals surface area contributed by atoms with E-state index >= 15 is 0 Å². The molecule has 2 aromatic carbocycles. The largest absolute Gasteiger partial charge is 0.462 e. The lowest BCUT2D eigenvalue weighted by molar-refractivity contribution is -0.114. The van der Waals surface area contributed by atoms with Gasteiger partial charge in [-0.1, -0.05) is 12.1 Å². The van der Waals surface area contributed by atoms with Crippen molar-refractivity contribution < 1.29 is 18.7 Å². The third-order valence-electron chi connectivity index (χ3n) is 3.00. The Hall–Kier alpha value is -2.89. The second-order valence-electron chi connectivity index (χ2n) is 4.68. The second kappa shape index (κ2) is 7.93. The van der Waals surface area contributed by atoms with Crippen LogP contribution in [0.5, 0.6) is 0 Å². The minimum absolute atomic E-state index is 0.0207. The van der Waals surface area contributed by atoms with E-state index in [0.29, 0.717) is 17.9 Å². The zero-order chi connectivity index (χ0) is 16.7. The molecule has 120 valence electrons. The Labute approximate surface area is 133 Å². The van der Waals surface area contributed by atoms with Crippen LogP contribution in [0.25, 0.3) is 0 Å². The molecule has 0 atom stereocenters. The van der Waals surface area contributed by atoms with Gasteiger partial charge in [-0.2, -0.15) is 0 Å². The first-order valence-electron chi connectivity index (χ1n) is 7.15. The Kier molecular flexibility index (Phi) is 5.68. The molecule has 2 rings (SSSR count). The van der Waals surface area contributed by atoms with E-state index < -0.39 is 11.8 Å². The van der Waals surface area contributed by atoms with Crippen LogP contribution in [0.2, 0.25) is 0 Å². The van der Waals surface area contributed by atoms with Crippen molar-refractivity contribution in [1.29, 1.82) is 0 Å². The average molecular weight is 316 g/mol. The molecular formula is C17H17FN2O3. The molecule has 0 unspecified atom stereocenters. The van der Waals surface area contributed by atoms with E-state index in [1.807, 2.05) is 0 Å². The number of para-hydroxylation sites is 1. The fraction of sp³-hybridized carbons (Fsp3) is 0.176. The van der Waals surface area contributed by atoms with Gasteiger partial charge in [-0.15, -0.1) is 0 Å². The molecule has 0 saturated carbocycles. The zero-order valence-electron chi connectivity index (χ0n) is 12.6. The number of carbonyl (C=O) groups excluding carboxylic acids is 2. The smallest absolute Gasteiger partial charge is 0.338 e. The van der Waals surface area contributed by atoms with Crippen molar-refractivity contribution in [3.8, 4) is 0 Å². The summed E-state index contributed by atoms with van der Waals surface area (Å²) in [4.78, 5) is 23.3. The average Bonchev–Trinajstić information content (AvgIpc) is 2.56. The predicted molar refractivity (Wildman–Crippen MR) is 85.9 cm³/mol. The van der Waals surface area contributed by atoms with E-state index in [9.17, 15) is 14.0 Å². The van der Waals surface area contributed by atoms with E-state index in [-0.39, 0.29) is 18.1 Å². The first-order valence-corrected chi connectivity index (χ1v) is 7.15. The first kappa shape index (κ1) is 16.5. The van der Waals surface area contributed by atoms with Crippen LogP contribution >= 0.6 is 0 Å². The van der Waals surface area contributed by atoms with Crippen LogP contribution in [0.3, 0.4) is 0 Å². The summed E-state index contributed by atoms with van der Waals surface area (Å²) in [5.41, 5.74) is 1.24. The standard InChI is InChI=1S/C17H17FN2O3/c1-2-23-17(22)12-7-9-13(10-8-12)19-11-16(21)20-15-6-4-3-5-14(15)18/h3-10,19H,2,11H2,1H3,(H,20,21). The number of rotatable bonds is 6. The molecule has 23 heavy (non-hydrogen) atoms. The van der Waals surface area contributed by atoms with Crippen LogP contribution in [0.4, 0.5) is 15.8 Å². The molecular weight excluding hydrogens is 299 g/mol. The molecule has 1 amide bonds. The topological polar surface area (TPSA) is 67.4 Å². The van der Waals surface area contributed by atoms with Crippen LogP contribution < -0.4 is 10.6 Å². The lowest BCUT2D eigenvalue weighted by Crippen LogP contribution is -2.22. The molecule has 0 aromatic heterocycles. The number of benzene rings is 2. The number of hydrogen-bond donors (Lipinski definition) is 2. The first-order chi connectivity index (χ1) is 11.1. The van der Waals surface area contributed by atoms with Crippen LogP contribution in [0.1, 0.15) is 17.3 Å².